The Bertz CT molecular complexity index is 688. The predicted octanol–water partition coefficient (Wildman–Crippen LogP) is 1.47. The van der Waals surface area contributed by atoms with Crippen molar-refractivity contribution in [1.29, 1.82) is 0 Å². The van der Waals surface area contributed by atoms with Gasteiger partial charge in [-0.1, -0.05) is 5.16 Å². The summed E-state index contributed by atoms with van der Waals surface area (Å²) in [6.45, 7) is 2.92. The van der Waals surface area contributed by atoms with Gasteiger partial charge in [-0.05, 0) is 19.8 Å². The zero-order valence-corrected chi connectivity index (χ0v) is 13.1. The zero-order chi connectivity index (χ0) is 16.2. The summed E-state index contributed by atoms with van der Waals surface area (Å²) in [7, 11) is 1.50. The molecule has 3 rings (SSSR count). The minimum Gasteiger partial charge on any atom is -0.472 e. The summed E-state index contributed by atoms with van der Waals surface area (Å²) in [4.78, 5) is 22.2. The van der Waals surface area contributed by atoms with Crippen molar-refractivity contribution in [2.24, 2.45) is 0 Å². The van der Waals surface area contributed by atoms with Crippen LogP contribution in [0.3, 0.4) is 0 Å². The average Bonchev–Trinajstić information content (AvgIpc) is 3.01. The molecule has 0 N–H and O–H groups in total. The van der Waals surface area contributed by atoms with Crippen LogP contribution in [0.5, 0.6) is 11.9 Å². The minimum absolute atomic E-state index is 0.125. The van der Waals surface area contributed by atoms with Crippen LogP contribution in [0.1, 0.15) is 29.1 Å². The van der Waals surface area contributed by atoms with Gasteiger partial charge in [-0.25, -0.2) is 4.98 Å². The molecule has 1 aliphatic heterocycles. The number of amides is 1. The number of aryl methyl sites for hydroxylation is 1. The highest BCUT2D eigenvalue weighted by Crippen LogP contribution is 2.19. The van der Waals surface area contributed by atoms with E-state index in [0.29, 0.717) is 30.4 Å². The van der Waals surface area contributed by atoms with Crippen molar-refractivity contribution < 1.29 is 18.8 Å². The molecule has 2 aromatic heterocycles. The fraction of sp³-hybridized carbons (Fsp3) is 0.467. The quantitative estimate of drug-likeness (QED) is 0.843. The number of likely N-dealkylation sites (tertiary alicyclic amines) is 1. The van der Waals surface area contributed by atoms with E-state index in [9.17, 15) is 4.79 Å². The number of carbonyl (C=O) groups is 1. The van der Waals surface area contributed by atoms with Crippen LogP contribution >= 0.6 is 0 Å². The van der Waals surface area contributed by atoms with Gasteiger partial charge in [-0.3, -0.25) is 4.79 Å². The van der Waals surface area contributed by atoms with Crippen LogP contribution in [0.4, 0.5) is 0 Å². The van der Waals surface area contributed by atoms with Crippen LogP contribution in [0.15, 0.2) is 22.9 Å². The number of rotatable bonds is 4. The van der Waals surface area contributed by atoms with Crippen molar-refractivity contribution in [1.82, 2.24) is 20.0 Å². The third kappa shape index (κ3) is 3.58. The monoisotopic (exact) mass is 318 g/mol. The molecule has 0 aromatic carbocycles. The van der Waals surface area contributed by atoms with Crippen LogP contribution in [-0.2, 0) is 0 Å². The molecule has 0 spiro atoms. The summed E-state index contributed by atoms with van der Waals surface area (Å²) in [5, 5.41) is 3.78. The number of ether oxygens (including phenoxy) is 2. The fourth-order valence-corrected chi connectivity index (χ4v) is 2.51. The maximum absolute atomic E-state index is 12.4. The number of piperidine rings is 1. The first-order valence-electron chi connectivity index (χ1n) is 7.42. The highest BCUT2D eigenvalue weighted by molar-refractivity contribution is 5.92. The van der Waals surface area contributed by atoms with Gasteiger partial charge in [0, 0.05) is 24.9 Å². The molecule has 122 valence electrons. The van der Waals surface area contributed by atoms with Crippen molar-refractivity contribution in [3.63, 3.8) is 0 Å². The van der Waals surface area contributed by atoms with E-state index in [1.807, 2.05) is 0 Å². The van der Waals surface area contributed by atoms with Crippen molar-refractivity contribution in [3.05, 3.63) is 29.8 Å². The normalized spacial score (nSPS) is 17.8. The Hall–Kier alpha value is -2.64. The van der Waals surface area contributed by atoms with Gasteiger partial charge in [-0.2, -0.15) is 4.98 Å². The molecule has 8 nitrogen and oxygen atoms in total. The molecular formula is C15H18N4O4. The minimum atomic E-state index is -0.143. The number of methoxy groups -OCH3 is 1. The predicted molar refractivity (Wildman–Crippen MR) is 79.4 cm³/mol. The van der Waals surface area contributed by atoms with Crippen LogP contribution < -0.4 is 9.47 Å². The number of hydrogen-bond acceptors (Lipinski definition) is 7. The first-order valence-corrected chi connectivity index (χ1v) is 7.42. The zero-order valence-electron chi connectivity index (χ0n) is 13.1. The van der Waals surface area contributed by atoms with Crippen LogP contribution in [0, 0.1) is 6.92 Å². The van der Waals surface area contributed by atoms with E-state index in [4.69, 9.17) is 14.0 Å². The summed E-state index contributed by atoms with van der Waals surface area (Å²) in [5.74, 6) is 0.912. The molecule has 1 saturated heterocycles. The largest absolute Gasteiger partial charge is 0.472 e. The van der Waals surface area contributed by atoms with Gasteiger partial charge in [0.15, 0.2) is 5.69 Å². The standard InChI is InChI=1S/C15H18N4O4/c1-10-8-12(18-23-10)14(20)19-7-3-4-11(9-19)22-13-5-6-16-15(17-13)21-2/h5-6,8,11H,3-4,7,9H2,1-2H3. The molecule has 8 heteroatoms. The molecule has 1 aliphatic rings. The third-order valence-corrected chi connectivity index (χ3v) is 3.59. The second-order valence-electron chi connectivity index (χ2n) is 5.34. The van der Waals surface area contributed by atoms with Crippen LogP contribution in [0.2, 0.25) is 0 Å². The maximum atomic E-state index is 12.4. The van der Waals surface area contributed by atoms with Gasteiger partial charge in [0.1, 0.15) is 11.9 Å². The third-order valence-electron chi connectivity index (χ3n) is 3.59. The van der Waals surface area contributed by atoms with Gasteiger partial charge in [0.25, 0.3) is 5.91 Å². The molecule has 0 saturated carbocycles. The highest BCUT2D eigenvalue weighted by Gasteiger charge is 2.27. The lowest BCUT2D eigenvalue weighted by molar-refractivity contribution is 0.0517. The molecule has 1 fully saturated rings. The Morgan fingerprint density at radius 3 is 3.09 bits per heavy atom. The summed E-state index contributed by atoms with van der Waals surface area (Å²) < 4.78 is 15.8. The van der Waals surface area contributed by atoms with E-state index in [0.717, 1.165) is 12.8 Å². The Balaban J connectivity index is 1.64. The lowest BCUT2D eigenvalue weighted by atomic mass is 10.1. The summed E-state index contributed by atoms with van der Waals surface area (Å²) in [5.41, 5.74) is 0.326. The van der Waals surface area contributed by atoms with Crippen molar-refractivity contribution in [2.75, 3.05) is 20.2 Å². The topological polar surface area (TPSA) is 90.6 Å². The Morgan fingerprint density at radius 1 is 1.48 bits per heavy atom. The SMILES string of the molecule is COc1nccc(OC2CCCN(C(=O)c3cc(C)on3)C2)n1. The molecule has 0 aliphatic carbocycles. The van der Waals surface area contributed by atoms with Gasteiger partial charge in [0.05, 0.1) is 13.7 Å². The molecule has 2 aromatic rings. The van der Waals surface area contributed by atoms with E-state index in [2.05, 4.69) is 15.1 Å². The molecule has 0 radical (unpaired) electrons. The van der Waals surface area contributed by atoms with E-state index in [-0.39, 0.29) is 18.0 Å². The van der Waals surface area contributed by atoms with Crippen molar-refractivity contribution >= 4 is 5.91 Å². The van der Waals surface area contributed by atoms with Gasteiger partial charge in [-0.15, -0.1) is 0 Å². The number of nitrogens with zero attached hydrogens (tertiary/aromatic N) is 4. The molecule has 1 atom stereocenters. The van der Waals surface area contributed by atoms with Crippen molar-refractivity contribution in [3.8, 4) is 11.9 Å². The van der Waals surface area contributed by atoms with Gasteiger partial charge >= 0.3 is 6.01 Å². The Kier molecular flexibility index (Phi) is 4.40. The highest BCUT2D eigenvalue weighted by atomic mass is 16.5. The maximum Gasteiger partial charge on any atom is 0.319 e. The Labute approximate surface area is 133 Å². The summed E-state index contributed by atoms with van der Waals surface area (Å²) >= 11 is 0. The molecule has 3 heterocycles. The molecule has 0 bridgehead atoms. The average molecular weight is 318 g/mol. The molecule has 1 unspecified atom stereocenters. The second kappa shape index (κ2) is 6.64. The van der Waals surface area contributed by atoms with Gasteiger partial charge in [0.2, 0.25) is 5.88 Å². The second-order valence-corrected chi connectivity index (χ2v) is 5.34. The lowest BCUT2D eigenvalue weighted by Crippen LogP contribution is -2.44. The fourth-order valence-electron chi connectivity index (χ4n) is 2.51. The van der Waals surface area contributed by atoms with E-state index < -0.39 is 0 Å². The van der Waals surface area contributed by atoms with Gasteiger partial charge < -0.3 is 18.9 Å². The first kappa shape index (κ1) is 15.3. The molecule has 1 amide bonds. The lowest BCUT2D eigenvalue weighted by Gasteiger charge is -2.32. The number of carbonyl (C=O) groups excluding carboxylic acids is 1. The number of hydrogen-bond donors (Lipinski definition) is 0. The smallest absolute Gasteiger partial charge is 0.319 e. The van der Waals surface area contributed by atoms with Crippen LogP contribution in [0.25, 0.3) is 0 Å². The molecular weight excluding hydrogens is 300 g/mol. The van der Waals surface area contributed by atoms with Crippen LogP contribution in [-0.4, -0.2) is 52.2 Å². The summed E-state index contributed by atoms with van der Waals surface area (Å²) in [6.07, 6.45) is 3.16. The number of aromatic nitrogens is 3. The summed E-state index contributed by atoms with van der Waals surface area (Å²) in [6, 6.07) is 3.57. The van der Waals surface area contributed by atoms with Crippen molar-refractivity contribution in [2.45, 2.75) is 25.9 Å². The first-order chi connectivity index (χ1) is 11.2. The Morgan fingerprint density at radius 2 is 2.35 bits per heavy atom. The van der Waals surface area contributed by atoms with E-state index >= 15 is 0 Å². The van der Waals surface area contributed by atoms with E-state index in [1.165, 1.54) is 7.11 Å². The molecule has 23 heavy (non-hydrogen) atoms. The van der Waals surface area contributed by atoms with E-state index in [1.54, 1.807) is 30.2 Å².